The van der Waals surface area contributed by atoms with Gasteiger partial charge >= 0.3 is 11.9 Å². The predicted octanol–water partition coefficient (Wildman–Crippen LogP) is 0.769. The second-order valence-electron chi connectivity index (χ2n) is 3.55. The van der Waals surface area contributed by atoms with Crippen molar-refractivity contribution in [1.82, 2.24) is 14.8 Å². The van der Waals surface area contributed by atoms with Crippen LogP contribution in [0.1, 0.15) is 6.92 Å². The van der Waals surface area contributed by atoms with E-state index in [1.54, 1.807) is 42.3 Å². The Morgan fingerprint density at radius 1 is 1.37 bits per heavy atom. The first-order chi connectivity index (χ1) is 9.20. The van der Waals surface area contributed by atoms with Crippen LogP contribution in [-0.4, -0.2) is 33.2 Å². The molecule has 2 aromatic heterocycles. The second-order valence-corrected chi connectivity index (χ2v) is 3.55. The van der Waals surface area contributed by atoms with Gasteiger partial charge in [0.15, 0.2) is 0 Å². The average molecular weight is 260 g/mol. The van der Waals surface area contributed by atoms with Gasteiger partial charge in [-0.3, -0.25) is 9.78 Å². The maximum atomic E-state index is 11.4. The number of pyridine rings is 1. The molecule has 1 amide bonds. The summed E-state index contributed by atoms with van der Waals surface area (Å²) in [6, 6.07) is 3.54. The molecule has 0 unspecified atom stereocenters. The highest BCUT2D eigenvalue weighted by atomic mass is 16.5. The number of hydrogen-bond donors (Lipinski definition) is 1. The van der Waals surface area contributed by atoms with Crippen LogP contribution >= 0.6 is 0 Å². The van der Waals surface area contributed by atoms with Crippen molar-refractivity contribution >= 4 is 17.6 Å². The fourth-order valence-corrected chi connectivity index (χ4v) is 1.40. The number of amides is 1. The lowest BCUT2D eigenvalue weighted by Crippen LogP contribution is -2.24. The molecular formula is C12H12N4O3. The molecule has 2 heterocycles. The Hall–Kier alpha value is -2.70. The second kappa shape index (κ2) is 5.76. The molecule has 0 fully saturated rings. The SMILES string of the molecule is CCOC(=O)C(=O)Nc1cnn(-c2ccncc2)c1. The number of rotatable bonds is 3. The van der Waals surface area contributed by atoms with Crippen LogP contribution in [0.4, 0.5) is 5.69 Å². The molecule has 0 saturated heterocycles. The number of aromatic nitrogens is 3. The van der Waals surface area contributed by atoms with E-state index in [-0.39, 0.29) is 6.61 Å². The Morgan fingerprint density at radius 3 is 2.79 bits per heavy atom. The number of anilines is 1. The van der Waals surface area contributed by atoms with Crippen molar-refractivity contribution in [2.75, 3.05) is 11.9 Å². The van der Waals surface area contributed by atoms with Crippen LogP contribution < -0.4 is 5.32 Å². The molecule has 0 aliphatic heterocycles. The topological polar surface area (TPSA) is 86.1 Å². The van der Waals surface area contributed by atoms with Crippen molar-refractivity contribution in [3.8, 4) is 5.69 Å². The zero-order valence-corrected chi connectivity index (χ0v) is 10.2. The predicted molar refractivity (Wildman–Crippen MR) is 66.6 cm³/mol. The van der Waals surface area contributed by atoms with Crippen molar-refractivity contribution in [1.29, 1.82) is 0 Å². The summed E-state index contributed by atoms with van der Waals surface area (Å²) in [5.74, 6) is -1.74. The highest BCUT2D eigenvalue weighted by Gasteiger charge is 2.15. The molecule has 1 N–H and O–H groups in total. The van der Waals surface area contributed by atoms with E-state index < -0.39 is 11.9 Å². The third kappa shape index (κ3) is 3.15. The largest absolute Gasteiger partial charge is 0.459 e. The van der Waals surface area contributed by atoms with Gasteiger partial charge in [0.1, 0.15) is 0 Å². The minimum atomic E-state index is -0.917. The summed E-state index contributed by atoms with van der Waals surface area (Å²) < 4.78 is 6.14. The summed E-state index contributed by atoms with van der Waals surface area (Å²) in [6.45, 7) is 1.79. The summed E-state index contributed by atoms with van der Waals surface area (Å²) in [5.41, 5.74) is 1.21. The normalized spacial score (nSPS) is 9.95. The van der Waals surface area contributed by atoms with Gasteiger partial charge in [0.2, 0.25) is 0 Å². The van der Waals surface area contributed by atoms with Gasteiger partial charge in [0.25, 0.3) is 0 Å². The monoisotopic (exact) mass is 260 g/mol. The molecule has 0 saturated carbocycles. The van der Waals surface area contributed by atoms with Gasteiger partial charge in [0.05, 0.1) is 30.4 Å². The van der Waals surface area contributed by atoms with Crippen LogP contribution in [0.25, 0.3) is 5.69 Å². The first kappa shape index (κ1) is 12.7. The molecule has 0 aliphatic rings. The molecular weight excluding hydrogens is 248 g/mol. The van der Waals surface area contributed by atoms with E-state index in [1.165, 1.54) is 6.20 Å². The minimum Gasteiger partial charge on any atom is -0.459 e. The molecule has 0 bridgehead atoms. The zero-order valence-electron chi connectivity index (χ0n) is 10.2. The van der Waals surface area contributed by atoms with Crippen LogP contribution in [0.15, 0.2) is 36.9 Å². The first-order valence-electron chi connectivity index (χ1n) is 5.64. The number of hydrogen-bond acceptors (Lipinski definition) is 5. The van der Waals surface area contributed by atoms with E-state index >= 15 is 0 Å². The number of nitrogens with zero attached hydrogens (tertiary/aromatic N) is 3. The summed E-state index contributed by atoms with van der Waals surface area (Å²) in [4.78, 5) is 26.5. The van der Waals surface area contributed by atoms with Gasteiger partial charge in [-0.25, -0.2) is 9.48 Å². The molecule has 0 aliphatic carbocycles. The van der Waals surface area contributed by atoms with Gasteiger partial charge in [-0.1, -0.05) is 0 Å². The molecule has 7 heteroatoms. The van der Waals surface area contributed by atoms with E-state index in [4.69, 9.17) is 0 Å². The Morgan fingerprint density at radius 2 is 2.11 bits per heavy atom. The van der Waals surface area contributed by atoms with Crippen LogP contribution in [0.5, 0.6) is 0 Å². The summed E-state index contributed by atoms with van der Waals surface area (Å²) in [5, 5.41) is 6.47. The zero-order chi connectivity index (χ0) is 13.7. The third-order valence-corrected chi connectivity index (χ3v) is 2.23. The lowest BCUT2D eigenvalue weighted by molar-refractivity contribution is -0.152. The fourth-order valence-electron chi connectivity index (χ4n) is 1.40. The summed E-state index contributed by atoms with van der Waals surface area (Å²) in [7, 11) is 0. The van der Waals surface area contributed by atoms with Crippen LogP contribution in [0, 0.1) is 0 Å². The number of nitrogens with one attached hydrogen (secondary N) is 1. The molecule has 7 nitrogen and oxygen atoms in total. The van der Waals surface area contributed by atoms with E-state index in [1.807, 2.05) is 0 Å². The molecule has 0 aromatic carbocycles. The highest BCUT2D eigenvalue weighted by Crippen LogP contribution is 2.10. The number of esters is 1. The van der Waals surface area contributed by atoms with Gasteiger partial charge in [-0.2, -0.15) is 5.10 Å². The van der Waals surface area contributed by atoms with Crippen LogP contribution in [0.2, 0.25) is 0 Å². The lowest BCUT2D eigenvalue weighted by atomic mass is 10.4. The van der Waals surface area contributed by atoms with Crippen molar-refractivity contribution < 1.29 is 14.3 Å². The van der Waals surface area contributed by atoms with E-state index in [9.17, 15) is 9.59 Å². The van der Waals surface area contributed by atoms with Gasteiger partial charge in [0, 0.05) is 12.4 Å². The maximum absolute atomic E-state index is 11.4. The molecule has 0 radical (unpaired) electrons. The van der Waals surface area contributed by atoms with Crippen molar-refractivity contribution in [2.45, 2.75) is 6.92 Å². The number of ether oxygens (including phenoxy) is 1. The molecule has 0 spiro atoms. The van der Waals surface area contributed by atoms with Crippen molar-refractivity contribution in [2.24, 2.45) is 0 Å². The van der Waals surface area contributed by atoms with Crippen LogP contribution in [-0.2, 0) is 14.3 Å². The Balaban J connectivity index is 2.06. The maximum Gasteiger partial charge on any atom is 0.397 e. The van der Waals surface area contributed by atoms with Crippen molar-refractivity contribution in [3.05, 3.63) is 36.9 Å². The van der Waals surface area contributed by atoms with Crippen LogP contribution in [0.3, 0.4) is 0 Å². The third-order valence-electron chi connectivity index (χ3n) is 2.23. The molecule has 19 heavy (non-hydrogen) atoms. The number of carbonyl (C=O) groups is 2. The molecule has 2 rings (SSSR count). The Kier molecular flexibility index (Phi) is 3.87. The van der Waals surface area contributed by atoms with E-state index in [0.29, 0.717) is 5.69 Å². The Bertz CT molecular complexity index is 580. The highest BCUT2D eigenvalue weighted by molar-refractivity contribution is 6.37. The quantitative estimate of drug-likeness (QED) is 0.650. The molecule has 0 atom stereocenters. The summed E-state index contributed by atoms with van der Waals surface area (Å²) >= 11 is 0. The van der Waals surface area contributed by atoms with Gasteiger partial charge < -0.3 is 10.1 Å². The fraction of sp³-hybridized carbons (Fsp3) is 0.167. The standard InChI is InChI=1S/C12H12N4O3/c1-2-19-12(18)11(17)15-9-7-14-16(8-9)10-3-5-13-6-4-10/h3-8H,2H2,1H3,(H,15,17). The number of carbonyl (C=O) groups excluding carboxylic acids is 2. The average Bonchev–Trinajstić information content (AvgIpc) is 2.88. The molecule has 98 valence electrons. The first-order valence-corrected chi connectivity index (χ1v) is 5.64. The lowest BCUT2D eigenvalue weighted by Gasteiger charge is -2.01. The van der Waals surface area contributed by atoms with Gasteiger partial charge in [-0.15, -0.1) is 0 Å². The van der Waals surface area contributed by atoms with E-state index in [0.717, 1.165) is 5.69 Å². The van der Waals surface area contributed by atoms with Crippen molar-refractivity contribution in [3.63, 3.8) is 0 Å². The smallest absolute Gasteiger partial charge is 0.397 e. The minimum absolute atomic E-state index is 0.155. The van der Waals surface area contributed by atoms with E-state index in [2.05, 4.69) is 20.1 Å². The molecule has 2 aromatic rings. The summed E-state index contributed by atoms with van der Waals surface area (Å²) in [6.07, 6.45) is 6.30. The van der Waals surface area contributed by atoms with Gasteiger partial charge in [-0.05, 0) is 19.1 Å². The Labute approximate surface area is 109 Å².